The summed E-state index contributed by atoms with van der Waals surface area (Å²) >= 11 is 0. The number of hydrogen-bond acceptors (Lipinski definition) is 3. The second kappa shape index (κ2) is 5.08. The van der Waals surface area contributed by atoms with Crippen LogP contribution in [-0.2, 0) is 13.5 Å². The molecule has 1 atom stereocenters. The molecule has 0 saturated heterocycles. The first-order valence-corrected chi connectivity index (χ1v) is 5.94. The molecule has 1 unspecified atom stereocenters. The molecule has 92 valence electrons. The molecule has 0 aliphatic carbocycles. The Labute approximate surface area is 102 Å². The summed E-state index contributed by atoms with van der Waals surface area (Å²) in [5.74, 6) is 1.04. The third kappa shape index (κ3) is 3.12. The van der Waals surface area contributed by atoms with E-state index in [0.717, 1.165) is 30.0 Å². The molecule has 0 amide bonds. The molecule has 0 aliphatic heterocycles. The average Bonchev–Trinajstić information content (AvgIpc) is 2.87. The minimum atomic E-state index is 0.406. The van der Waals surface area contributed by atoms with Crippen LogP contribution < -0.4 is 5.32 Å². The Morgan fingerprint density at radius 2 is 2.35 bits per heavy atom. The highest BCUT2D eigenvalue weighted by Gasteiger charge is 2.08. The zero-order valence-electron chi connectivity index (χ0n) is 10.6. The number of nitrogens with zero attached hydrogens (tertiary/aromatic N) is 2. The maximum absolute atomic E-state index is 5.32. The van der Waals surface area contributed by atoms with Gasteiger partial charge in [-0.25, -0.2) is 0 Å². The van der Waals surface area contributed by atoms with Crippen molar-refractivity contribution >= 4 is 5.69 Å². The zero-order valence-corrected chi connectivity index (χ0v) is 10.6. The molecule has 0 radical (unpaired) electrons. The summed E-state index contributed by atoms with van der Waals surface area (Å²) in [6, 6.07) is 4.35. The van der Waals surface area contributed by atoms with Crippen molar-refractivity contribution < 1.29 is 4.42 Å². The summed E-state index contributed by atoms with van der Waals surface area (Å²) in [5.41, 5.74) is 2.15. The average molecular weight is 233 g/mol. The Balaban J connectivity index is 1.85. The van der Waals surface area contributed by atoms with Gasteiger partial charge in [0.2, 0.25) is 0 Å². The summed E-state index contributed by atoms with van der Waals surface area (Å²) in [5, 5.41) is 7.78. The Morgan fingerprint density at radius 1 is 1.53 bits per heavy atom. The Morgan fingerprint density at radius 3 is 2.94 bits per heavy atom. The zero-order chi connectivity index (χ0) is 12.3. The van der Waals surface area contributed by atoms with Crippen LogP contribution >= 0.6 is 0 Å². The molecule has 0 spiro atoms. The van der Waals surface area contributed by atoms with Gasteiger partial charge in [-0.3, -0.25) is 4.68 Å². The fraction of sp³-hybridized carbons (Fsp3) is 0.462. The molecule has 4 nitrogen and oxygen atoms in total. The first-order valence-electron chi connectivity index (χ1n) is 5.94. The fourth-order valence-corrected chi connectivity index (χ4v) is 1.89. The smallest absolute Gasteiger partial charge is 0.103 e. The molecule has 0 aromatic carbocycles. The van der Waals surface area contributed by atoms with Crippen molar-refractivity contribution in [1.82, 2.24) is 9.78 Å². The lowest BCUT2D eigenvalue weighted by Crippen LogP contribution is -2.16. The first kappa shape index (κ1) is 11.8. The van der Waals surface area contributed by atoms with Crippen LogP contribution in [0.1, 0.15) is 24.8 Å². The fourth-order valence-electron chi connectivity index (χ4n) is 1.89. The molecule has 0 aliphatic rings. The Kier molecular flexibility index (Phi) is 3.52. The van der Waals surface area contributed by atoms with Gasteiger partial charge in [-0.15, -0.1) is 0 Å². The highest BCUT2D eigenvalue weighted by Crippen LogP contribution is 2.15. The van der Waals surface area contributed by atoms with Crippen molar-refractivity contribution in [1.29, 1.82) is 0 Å². The summed E-state index contributed by atoms with van der Waals surface area (Å²) in [6.45, 7) is 4.19. The van der Waals surface area contributed by atoms with Crippen molar-refractivity contribution in [2.75, 3.05) is 5.32 Å². The Hall–Kier alpha value is -1.71. The standard InChI is InChI=1S/C13H19N3O/c1-10(6-7-12-5-4-8-17-12)14-13-9-16(3)15-11(13)2/h4-5,8-10,14H,6-7H2,1-3H3. The molecular formula is C13H19N3O. The van der Waals surface area contributed by atoms with E-state index in [1.54, 1.807) is 6.26 Å². The Bertz CT molecular complexity index is 459. The third-order valence-electron chi connectivity index (χ3n) is 2.82. The number of aryl methyl sites for hydroxylation is 3. The van der Waals surface area contributed by atoms with Crippen molar-refractivity contribution in [2.45, 2.75) is 32.7 Å². The summed E-state index contributed by atoms with van der Waals surface area (Å²) in [4.78, 5) is 0. The molecule has 0 bridgehead atoms. The lowest BCUT2D eigenvalue weighted by atomic mass is 10.1. The molecular weight excluding hydrogens is 214 g/mol. The van der Waals surface area contributed by atoms with Crippen LogP contribution in [0.3, 0.4) is 0 Å². The molecule has 0 saturated carbocycles. The second-order valence-corrected chi connectivity index (χ2v) is 4.47. The van der Waals surface area contributed by atoms with Crippen molar-refractivity contribution in [2.24, 2.45) is 7.05 Å². The van der Waals surface area contributed by atoms with E-state index in [1.165, 1.54) is 0 Å². The lowest BCUT2D eigenvalue weighted by molar-refractivity contribution is 0.495. The van der Waals surface area contributed by atoms with Gasteiger partial charge in [-0.05, 0) is 32.4 Å². The normalized spacial score (nSPS) is 12.6. The quantitative estimate of drug-likeness (QED) is 0.863. The van der Waals surface area contributed by atoms with Gasteiger partial charge in [0.15, 0.2) is 0 Å². The number of rotatable bonds is 5. The maximum Gasteiger partial charge on any atom is 0.103 e. The SMILES string of the molecule is Cc1nn(C)cc1NC(C)CCc1ccco1. The first-order chi connectivity index (χ1) is 8.15. The van der Waals surface area contributed by atoms with E-state index in [-0.39, 0.29) is 0 Å². The van der Waals surface area contributed by atoms with Crippen molar-refractivity contribution in [3.8, 4) is 0 Å². The van der Waals surface area contributed by atoms with E-state index in [4.69, 9.17) is 4.42 Å². The van der Waals surface area contributed by atoms with Crippen molar-refractivity contribution in [3.05, 3.63) is 36.0 Å². The van der Waals surface area contributed by atoms with Crippen molar-refractivity contribution in [3.63, 3.8) is 0 Å². The molecule has 2 heterocycles. The second-order valence-electron chi connectivity index (χ2n) is 4.47. The van der Waals surface area contributed by atoms with Crippen LogP contribution in [0, 0.1) is 6.92 Å². The number of hydrogen-bond donors (Lipinski definition) is 1. The highest BCUT2D eigenvalue weighted by molar-refractivity contribution is 5.46. The van der Waals surface area contributed by atoms with E-state index in [1.807, 2.05) is 37.0 Å². The maximum atomic E-state index is 5.32. The number of anilines is 1. The van der Waals surface area contributed by atoms with Gasteiger partial charge in [-0.1, -0.05) is 0 Å². The van der Waals surface area contributed by atoms with Crippen LogP contribution in [0.25, 0.3) is 0 Å². The van der Waals surface area contributed by atoms with E-state index in [2.05, 4.69) is 17.3 Å². The number of furan rings is 1. The van der Waals surface area contributed by atoms with E-state index in [9.17, 15) is 0 Å². The van der Waals surface area contributed by atoms with Gasteiger partial charge in [-0.2, -0.15) is 5.10 Å². The van der Waals surface area contributed by atoms with Crippen LogP contribution in [-0.4, -0.2) is 15.8 Å². The topological polar surface area (TPSA) is 43.0 Å². The van der Waals surface area contributed by atoms with Crippen LogP contribution in [0.15, 0.2) is 29.0 Å². The summed E-state index contributed by atoms with van der Waals surface area (Å²) < 4.78 is 7.15. The molecule has 2 aromatic heterocycles. The highest BCUT2D eigenvalue weighted by atomic mass is 16.3. The van der Waals surface area contributed by atoms with Gasteiger partial charge in [0.05, 0.1) is 17.6 Å². The number of nitrogens with one attached hydrogen (secondary N) is 1. The summed E-state index contributed by atoms with van der Waals surface area (Å²) in [6.07, 6.45) is 5.74. The van der Waals surface area contributed by atoms with Crippen LogP contribution in [0.4, 0.5) is 5.69 Å². The minimum Gasteiger partial charge on any atom is -0.469 e. The van der Waals surface area contributed by atoms with Gasteiger partial charge < -0.3 is 9.73 Å². The molecule has 1 N–H and O–H groups in total. The molecule has 2 rings (SSSR count). The molecule has 17 heavy (non-hydrogen) atoms. The van der Waals surface area contributed by atoms with Crippen LogP contribution in [0.5, 0.6) is 0 Å². The van der Waals surface area contributed by atoms with Gasteiger partial charge >= 0.3 is 0 Å². The third-order valence-corrected chi connectivity index (χ3v) is 2.82. The monoisotopic (exact) mass is 233 g/mol. The largest absolute Gasteiger partial charge is 0.469 e. The van der Waals surface area contributed by atoms with Gasteiger partial charge in [0.25, 0.3) is 0 Å². The predicted octanol–water partition coefficient (Wildman–Crippen LogP) is 2.75. The number of aromatic nitrogens is 2. The van der Waals surface area contributed by atoms with E-state index in [0.29, 0.717) is 6.04 Å². The van der Waals surface area contributed by atoms with Gasteiger partial charge in [0, 0.05) is 25.7 Å². The van der Waals surface area contributed by atoms with E-state index < -0.39 is 0 Å². The summed E-state index contributed by atoms with van der Waals surface area (Å²) in [7, 11) is 1.94. The lowest BCUT2D eigenvalue weighted by Gasteiger charge is -2.13. The van der Waals surface area contributed by atoms with E-state index >= 15 is 0 Å². The molecule has 4 heteroatoms. The van der Waals surface area contributed by atoms with Crippen LogP contribution in [0.2, 0.25) is 0 Å². The molecule has 0 fully saturated rings. The predicted molar refractivity (Wildman–Crippen MR) is 68.1 cm³/mol. The molecule has 2 aromatic rings. The van der Waals surface area contributed by atoms with Gasteiger partial charge in [0.1, 0.15) is 5.76 Å². The minimum absolute atomic E-state index is 0.406.